The Morgan fingerprint density at radius 3 is 2.73 bits per heavy atom. The van der Waals surface area contributed by atoms with Gasteiger partial charge in [0.2, 0.25) is 0 Å². The number of amides is 1. The van der Waals surface area contributed by atoms with Crippen molar-refractivity contribution in [2.45, 2.75) is 13.1 Å². The number of nitrogen functional groups attached to an aromatic ring is 1. The molecule has 0 aliphatic carbocycles. The lowest BCUT2D eigenvalue weighted by atomic mass is 10.1. The summed E-state index contributed by atoms with van der Waals surface area (Å²) in [4.78, 5) is 12.1. The van der Waals surface area contributed by atoms with Gasteiger partial charge >= 0.3 is 0 Å². The second-order valence-electron chi connectivity index (χ2n) is 4.72. The van der Waals surface area contributed by atoms with Crippen LogP contribution in [0.3, 0.4) is 0 Å². The van der Waals surface area contributed by atoms with E-state index in [1.165, 1.54) is 19.2 Å². The van der Waals surface area contributed by atoms with Gasteiger partial charge in [0.15, 0.2) is 11.6 Å². The third-order valence-corrected chi connectivity index (χ3v) is 3.37. The van der Waals surface area contributed by atoms with E-state index in [0.29, 0.717) is 5.69 Å². The molecule has 0 saturated carbocycles. The average Bonchev–Trinajstić information content (AvgIpc) is 2.52. The maximum absolute atomic E-state index is 13.6. The molecule has 0 bridgehead atoms. The predicted molar refractivity (Wildman–Crippen MR) is 82.9 cm³/mol. The van der Waals surface area contributed by atoms with Gasteiger partial charge in [0.05, 0.1) is 7.11 Å². The molecule has 0 saturated heterocycles. The molecule has 0 aromatic heterocycles. The summed E-state index contributed by atoms with van der Waals surface area (Å²) in [6, 6.07) is 9.44. The zero-order chi connectivity index (χ0) is 16.1. The summed E-state index contributed by atoms with van der Waals surface area (Å²) in [5.41, 5.74) is 13.9. The van der Waals surface area contributed by atoms with Gasteiger partial charge in [-0.25, -0.2) is 4.39 Å². The smallest absolute Gasteiger partial charge is 0.251 e. The molecule has 5 N–H and O–H groups in total. The van der Waals surface area contributed by atoms with Gasteiger partial charge in [0.1, 0.15) is 0 Å². The Labute approximate surface area is 128 Å². The number of ether oxygens (including phenoxy) is 1. The fraction of sp³-hybridized carbons (Fsp3) is 0.188. The lowest BCUT2D eigenvalue weighted by Gasteiger charge is -2.12. The number of rotatable bonds is 5. The number of nitrogens with one attached hydrogen (secondary N) is 1. The van der Waals surface area contributed by atoms with E-state index in [4.69, 9.17) is 16.2 Å². The standard InChI is InChI=1S/C16H18FN3O2/c1-22-15-6-5-10(7-13(15)17)16(21)20-9-11-3-2-4-14(19)12(11)8-18/h2-7H,8-9,18-19H2,1H3,(H,20,21). The quantitative estimate of drug-likeness (QED) is 0.735. The monoisotopic (exact) mass is 303 g/mol. The first-order valence-corrected chi connectivity index (χ1v) is 6.75. The van der Waals surface area contributed by atoms with E-state index in [2.05, 4.69) is 5.32 Å². The Kier molecular flexibility index (Phi) is 4.95. The number of methoxy groups -OCH3 is 1. The van der Waals surface area contributed by atoms with Crippen LogP contribution in [0, 0.1) is 5.82 Å². The molecule has 0 spiro atoms. The van der Waals surface area contributed by atoms with Crippen molar-refractivity contribution < 1.29 is 13.9 Å². The first kappa shape index (κ1) is 15.8. The highest BCUT2D eigenvalue weighted by molar-refractivity contribution is 5.94. The molecule has 2 aromatic rings. The van der Waals surface area contributed by atoms with Gasteiger partial charge in [-0.1, -0.05) is 12.1 Å². The van der Waals surface area contributed by atoms with Crippen LogP contribution in [-0.2, 0) is 13.1 Å². The predicted octanol–water partition coefficient (Wildman–Crippen LogP) is 1.81. The molecule has 0 fully saturated rings. The first-order chi connectivity index (χ1) is 10.6. The number of carbonyl (C=O) groups is 1. The molecule has 2 rings (SSSR count). The van der Waals surface area contributed by atoms with E-state index < -0.39 is 5.82 Å². The zero-order valence-electron chi connectivity index (χ0n) is 12.2. The van der Waals surface area contributed by atoms with Gasteiger partial charge in [0.25, 0.3) is 5.91 Å². The SMILES string of the molecule is COc1ccc(C(=O)NCc2cccc(N)c2CN)cc1F. The minimum absolute atomic E-state index is 0.0952. The zero-order valence-corrected chi connectivity index (χ0v) is 12.2. The van der Waals surface area contributed by atoms with Crippen molar-refractivity contribution in [3.05, 3.63) is 58.9 Å². The number of halogens is 1. The summed E-state index contributed by atoms with van der Waals surface area (Å²) < 4.78 is 18.4. The van der Waals surface area contributed by atoms with Crippen LogP contribution in [0.5, 0.6) is 5.75 Å². The van der Waals surface area contributed by atoms with Crippen LogP contribution < -0.4 is 21.5 Å². The fourth-order valence-corrected chi connectivity index (χ4v) is 2.15. The second kappa shape index (κ2) is 6.91. The second-order valence-corrected chi connectivity index (χ2v) is 4.72. The van der Waals surface area contributed by atoms with Crippen molar-refractivity contribution in [1.29, 1.82) is 0 Å². The van der Waals surface area contributed by atoms with Gasteiger partial charge in [-0.2, -0.15) is 0 Å². The molecule has 0 unspecified atom stereocenters. The topological polar surface area (TPSA) is 90.4 Å². The summed E-state index contributed by atoms with van der Waals surface area (Å²) in [5.74, 6) is -0.869. The molecule has 0 heterocycles. The summed E-state index contributed by atoms with van der Waals surface area (Å²) in [7, 11) is 1.37. The largest absolute Gasteiger partial charge is 0.494 e. The van der Waals surface area contributed by atoms with Crippen molar-refractivity contribution >= 4 is 11.6 Å². The molecule has 5 nitrogen and oxygen atoms in total. The summed E-state index contributed by atoms with van der Waals surface area (Å²) in [5, 5.41) is 2.72. The molecule has 22 heavy (non-hydrogen) atoms. The number of nitrogens with two attached hydrogens (primary N) is 2. The summed E-state index contributed by atoms with van der Waals surface area (Å²) in [6.07, 6.45) is 0. The molecule has 1 amide bonds. The van der Waals surface area contributed by atoms with Crippen molar-refractivity contribution in [3.63, 3.8) is 0 Å². The lowest BCUT2D eigenvalue weighted by Crippen LogP contribution is -2.24. The highest BCUT2D eigenvalue weighted by Crippen LogP contribution is 2.19. The molecule has 0 aliphatic rings. The first-order valence-electron chi connectivity index (χ1n) is 6.75. The van der Waals surface area contributed by atoms with E-state index >= 15 is 0 Å². The number of hydrogen-bond acceptors (Lipinski definition) is 4. The molecular weight excluding hydrogens is 285 g/mol. The Bertz CT molecular complexity index is 689. The van der Waals surface area contributed by atoms with Crippen molar-refractivity contribution in [2.24, 2.45) is 5.73 Å². The van der Waals surface area contributed by atoms with Crippen molar-refractivity contribution in [3.8, 4) is 5.75 Å². The molecule has 6 heteroatoms. The van der Waals surface area contributed by atoms with Crippen LogP contribution in [0.15, 0.2) is 36.4 Å². The van der Waals surface area contributed by atoms with Crippen LogP contribution in [0.25, 0.3) is 0 Å². The molecular formula is C16H18FN3O2. The Morgan fingerprint density at radius 2 is 2.09 bits per heavy atom. The van der Waals surface area contributed by atoms with E-state index in [-0.39, 0.29) is 30.3 Å². The van der Waals surface area contributed by atoms with E-state index in [1.807, 2.05) is 6.07 Å². The highest BCUT2D eigenvalue weighted by Gasteiger charge is 2.11. The van der Waals surface area contributed by atoms with Crippen LogP contribution in [0.2, 0.25) is 0 Å². The molecule has 0 atom stereocenters. The average molecular weight is 303 g/mol. The molecule has 116 valence electrons. The molecule has 0 radical (unpaired) electrons. The summed E-state index contributed by atoms with van der Waals surface area (Å²) >= 11 is 0. The van der Waals surface area contributed by atoms with Crippen molar-refractivity contribution in [1.82, 2.24) is 5.32 Å². The number of hydrogen-bond donors (Lipinski definition) is 3. The van der Waals surface area contributed by atoms with E-state index in [9.17, 15) is 9.18 Å². The van der Waals surface area contributed by atoms with Crippen molar-refractivity contribution in [2.75, 3.05) is 12.8 Å². The van der Waals surface area contributed by atoms with Crippen LogP contribution in [0.1, 0.15) is 21.5 Å². The van der Waals surface area contributed by atoms with Gasteiger partial charge in [-0.3, -0.25) is 4.79 Å². The van der Waals surface area contributed by atoms with Crippen LogP contribution in [0.4, 0.5) is 10.1 Å². The van der Waals surface area contributed by atoms with Gasteiger partial charge in [-0.05, 0) is 35.4 Å². The number of anilines is 1. The Morgan fingerprint density at radius 1 is 1.32 bits per heavy atom. The number of benzene rings is 2. The van der Waals surface area contributed by atoms with Gasteiger partial charge in [-0.15, -0.1) is 0 Å². The van der Waals surface area contributed by atoms with Crippen LogP contribution in [-0.4, -0.2) is 13.0 Å². The van der Waals surface area contributed by atoms with E-state index in [0.717, 1.165) is 17.2 Å². The lowest BCUT2D eigenvalue weighted by molar-refractivity contribution is 0.0950. The fourth-order valence-electron chi connectivity index (χ4n) is 2.15. The van der Waals surface area contributed by atoms with Gasteiger partial charge < -0.3 is 21.5 Å². The third kappa shape index (κ3) is 3.35. The van der Waals surface area contributed by atoms with Crippen LogP contribution >= 0.6 is 0 Å². The molecule has 2 aromatic carbocycles. The highest BCUT2D eigenvalue weighted by atomic mass is 19.1. The maximum atomic E-state index is 13.6. The number of carbonyl (C=O) groups excluding carboxylic acids is 1. The van der Waals surface area contributed by atoms with Gasteiger partial charge in [0, 0.05) is 24.3 Å². The molecule has 0 aliphatic heterocycles. The summed E-state index contributed by atoms with van der Waals surface area (Å²) in [6.45, 7) is 0.555. The minimum Gasteiger partial charge on any atom is -0.494 e. The Balaban J connectivity index is 2.10. The third-order valence-electron chi connectivity index (χ3n) is 3.37. The Hall–Kier alpha value is -2.60. The van der Waals surface area contributed by atoms with E-state index in [1.54, 1.807) is 12.1 Å². The minimum atomic E-state index is -0.582. The normalized spacial score (nSPS) is 10.3. The maximum Gasteiger partial charge on any atom is 0.251 e.